The summed E-state index contributed by atoms with van der Waals surface area (Å²) < 4.78 is 42.4. The van der Waals surface area contributed by atoms with Crippen molar-refractivity contribution in [3.05, 3.63) is 12.2 Å². The molecule has 0 unspecified atom stereocenters. The molecule has 0 spiro atoms. The van der Waals surface area contributed by atoms with Crippen molar-refractivity contribution in [2.75, 3.05) is 20.2 Å². The summed E-state index contributed by atoms with van der Waals surface area (Å²) in [6, 6.07) is -0.482. The maximum Gasteiger partial charge on any atom is 0.430 e. The van der Waals surface area contributed by atoms with Gasteiger partial charge in [0.15, 0.2) is 11.7 Å². The quantitative estimate of drug-likeness (QED) is 0.322. The van der Waals surface area contributed by atoms with Crippen LogP contribution in [-0.2, 0) is 23.9 Å². The Kier molecular flexibility index (Phi) is 8.25. The molecule has 1 aliphatic heterocycles. The van der Waals surface area contributed by atoms with E-state index in [4.69, 9.17) is 19.4 Å². The second kappa shape index (κ2) is 9.96. The van der Waals surface area contributed by atoms with Crippen LogP contribution in [0.4, 0.5) is 13.2 Å². The van der Waals surface area contributed by atoms with Crippen LogP contribution in [-0.4, -0.2) is 66.9 Å². The highest BCUT2D eigenvalue weighted by atomic mass is 19.4. The number of allylic oxidation sites excluding steroid dienone is 2. The van der Waals surface area contributed by atoms with E-state index in [0.29, 0.717) is 13.1 Å². The molecule has 2 aliphatic rings. The molecule has 0 radical (unpaired) electrons. The standard InChI is InChI=1S/C16H18N2O4.C2HF3O2/c1-12(19)22-13-8-6-4-3-5-7-9-16(21-2)14(13)18(11-10-17)15(16)20;3-2(4,5)1(6)7/h3-4,13-14H,9-11,17H2,1-2H3;(H,6,7)/b4-3-;/t13-,14+,16-;/m1./s1. The maximum atomic E-state index is 12.5. The van der Waals surface area contributed by atoms with Crippen LogP contribution < -0.4 is 10.8 Å². The zero-order valence-corrected chi connectivity index (χ0v) is 15.7. The molecule has 1 amide bonds. The summed E-state index contributed by atoms with van der Waals surface area (Å²) in [6.07, 6.45) is -2.54. The number of ether oxygens (including phenoxy) is 2. The van der Waals surface area contributed by atoms with Crippen molar-refractivity contribution in [1.82, 2.24) is 4.90 Å². The average Bonchev–Trinajstić information content (AvgIpc) is 2.63. The van der Waals surface area contributed by atoms with Gasteiger partial charge < -0.3 is 30.0 Å². The SMILES string of the molecule is CO[C@]12CC#C/C=C\C#C[C@@H](OC(C)=O)[C@@H]1N(CC[NH3+])C2=O.O=C([O-])C(F)(F)F. The predicted molar refractivity (Wildman–Crippen MR) is 88.9 cm³/mol. The van der Waals surface area contributed by atoms with Crippen LogP contribution in [0, 0.1) is 23.7 Å². The van der Waals surface area contributed by atoms with E-state index in [1.54, 1.807) is 17.1 Å². The van der Waals surface area contributed by atoms with E-state index in [-0.39, 0.29) is 12.3 Å². The van der Waals surface area contributed by atoms with Gasteiger partial charge in [-0.1, -0.05) is 23.7 Å². The number of fused-ring (bicyclic) bond motifs is 1. The van der Waals surface area contributed by atoms with Crippen molar-refractivity contribution >= 4 is 17.8 Å². The Hall–Kier alpha value is -3.02. The van der Waals surface area contributed by atoms with Gasteiger partial charge >= 0.3 is 12.1 Å². The summed E-state index contributed by atoms with van der Waals surface area (Å²) >= 11 is 0. The van der Waals surface area contributed by atoms with Gasteiger partial charge in [-0.05, 0) is 12.2 Å². The second-order valence-corrected chi connectivity index (χ2v) is 5.83. The Morgan fingerprint density at radius 3 is 2.45 bits per heavy atom. The van der Waals surface area contributed by atoms with Gasteiger partial charge in [-0.3, -0.25) is 9.59 Å². The molecule has 11 heteroatoms. The van der Waals surface area contributed by atoms with Gasteiger partial charge in [0, 0.05) is 20.5 Å². The predicted octanol–water partition coefficient (Wildman–Crippen LogP) is -1.98. The lowest BCUT2D eigenvalue weighted by Gasteiger charge is -2.55. The molecule has 1 fully saturated rings. The molecule has 1 heterocycles. The van der Waals surface area contributed by atoms with Gasteiger partial charge in [0.1, 0.15) is 12.0 Å². The monoisotopic (exact) mass is 416 g/mol. The third kappa shape index (κ3) is 5.73. The molecule has 2 rings (SSSR count). The summed E-state index contributed by atoms with van der Waals surface area (Å²) in [7, 11) is 1.47. The van der Waals surface area contributed by atoms with Crippen LogP contribution in [0.2, 0.25) is 0 Å². The lowest BCUT2D eigenvalue weighted by molar-refractivity contribution is -0.371. The Balaban J connectivity index is 0.000000516. The van der Waals surface area contributed by atoms with Crippen LogP contribution in [0.1, 0.15) is 13.3 Å². The van der Waals surface area contributed by atoms with E-state index >= 15 is 0 Å². The van der Waals surface area contributed by atoms with Crippen molar-refractivity contribution in [2.45, 2.75) is 37.3 Å². The Bertz CT molecular complexity index is 802. The van der Waals surface area contributed by atoms with E-state index < -0.39 is 35.9 Å². The van der Waals surface area contributed by atoms with Crippen molar-refractivity contribution in [3.8, 4) is 23.7 Å². The number of aliphatic carboxylic acids is 1. The van der Waals surface area contributed by atoms with Gasteiger partial charge in [-0.25, -0.2) is 0 Å². The van der Waals surface area contributed by atoms with E-state index in [2.05, 4.69) is 29.4 Å². The molecule has 0 saturated carbocycles. The fourth-order valence-electron chi connectivity index (χ4n) is 2.77. The molecule has 1 aliphatic carbocycles. The number of β-lactam (4-membered cyclic amide) rings is 1. The summed E-state index contributed by atoms with van der Waals surface area (Å²) in [5.41, 5.74) is 2.65. The minimum Gasteiger partial charge on any atom is -0.542 e. The molecule has 0 aromatic rings. The number of likely N-dealkylation sites (tertiary alicyclic amines) is 1. The number of amides is 1. The normalized spacial score (nSPS) is 26.0. The molecule has 3 N–H and O–H groups in total. The summed E-state index contributed by atoms with van der Waals surface area (Å²) in [4.78, 5) is 34.3. The van der Waals surface area contributed by atoms with Gasteiger partial charge in [0.2, 0.25) is 0 Å². The summed E-state index contributed by atoms with van der Waals surface area (Å²) in [5.74, 6) is 7.78. The average molecular weight is 416 g/mol. The molecule has 3 atom stereocenters. The highest BCUT2D eigenvalue weighted by molar-refractivity contribution is 5.94. The van der Waals surface area contributed by atoms with Crippen molar-refractivity contribution in [3.63, 3.8) is 0 Å². The maximum absolute atomic E-state index is 12.5. The first-order valence-electron chi connectivity index (χ1n) is 8.26. The largest absolute Gasteiger partial charge is 0.542 e. The Morgan fingerprint density at radius 2 is 1.97 bits per heavy atom. The van der Waals surface area contributed by atoms with E-state index in [1.165, 1.54) is 14.0 Å². The lowest BCUT2D eigenvalue weighted by Crippen LogP contribution is -2.79. The molecular weight excluding hydrogens is 397 g/mol. The van der Waals surface area contributed by atoms with Crippen LogP contribution in [0.15, 0.2) is 12.2 Å². The number of methoxy groups -OCH3 is 1. The van der Waals surface area contributed by atoms with Crippen molar-refractivity contribution in [2.24, 2.45) is 0 Å². The number of carbonyl (C=O) groups is 3. The number of rotatable bonds is 4. The van der Waals surface area contributed by atoms with Crippen LogP contribution >= 0.6 is 0 Å². The minimum absolute atomic E-state index is 0.165. The summed E-state index contributed by atoms with van der Waals surface area (Å²) in [5, 5.41) is 8.78. The number of hydrogen-bond acceptors (Lipinski definition) is 6. The first-order chi connectivity index (χ1) is 13.5. The third-order valence-electron chi connectivity index (χ3n) is 3.94. The number of nitrogens with zero attached hydrogens (tertiary/aromatic N) is 1. The minimum atomic E-state index is -5.19. The zero-order valence-electron chi connectivity index (χ0n) is 15.7. The third-order valence-corrected chi connectivity index (χ3v) is 3.94. The second-order valence-electron chi connectivity index (χ2n) is 5.83. The molecule has 0 aromatic heterocycles. The first kappa shape index (κ1) is 24.0. The molecular formula is C18H19F3N2O6. The van der Waals surface area contributed by atoms with Gasteiger partial charge in [0.05, 0.1) is 13.1 Å². The number of halogens is 3. The number of alkyl halides is 3. The molecule has 1 saturated heterocycles. The molecule has 29 heavy (non-hydrogen) atoms. The van der Waals surface area contributed by atoms with E-state index in [0.717, 1.165) is 0 Å². The lowest BCUT2D eigenvalue weighted by atomic mass is 9.76. The number of carboxylic acid groups (broad SMARTS) is 1. The van der Waals surface area contributed by atoms with Gasteiger partial charge in [-0.2, -0.15) is 13.2 Å². The number of carboxylic acids is 1. The zero-order chi connectivity index (χ0) is 22.2. The summed E-state index contributed by atoms with van der Waals surface area (Å²) in [6.45, 7) is 2.32. The Labute approximate surface area is 164 Å². The smallest absolute Gasteiger partial charge is 0.430 e. The molecule has 158 valence electrons. The molecule has 8 nitrogen and oxygen atoms in total. The Morgan fingerprint density at radius 1 is 1.38 bits per heavy atom. The first-order valence-corrected chi connectivity index (χ1v) is 8.26. The highest BCUT2D eigenvalue weighted by Gasteiger charge is 2.64. The van der Waals surface area contributed by atoms with Crippen molar-refractivity contribution < 1.29 is 47.9 Å². The number of esters is 1. The van der Waals surface area contributed by atoms with Gasteiger partial charge in [-0.15, -0.1) is 0 Å². The van der Waals surface area contributed by atoms with Crippen LogP contribution in [0.25, 0.3) is 0 Å². The molecule has 0 bridgehead atoms. The molecule has 0 aromatic carbocycles. The van der Waals surface area contributed by atoms with Crippen LogP contribution in [0.3, 0.4) is 0 Å². The highest BCUT2D eigenvalue weighted by Crippen LogP contribution is 2.39. The fraction of sp³-hybridized carbons (Fsp3) is 0.500. The van der Waals surface area contributed by atoms with Gasteiger partial charge in [0.25, 0.3) is 5.91 Å². The number of carbonyl (C=O) groups excluding carboxylic acids is 3. The topological polar surface area (TPSA) is 124 Å². The van der Waals surface area contributed by atoms with Crippen molar-refractivity contribution in [1.29, 1.82) is 0 Å². The van der Waals surface area contributed by atoms with Crippen LogP contribution in [0.5, 0.6) is 0 Å². The number of hydrogen-bond donors (Lipinski definition) is 1. The fourth-order valence-corrected chi connectivity index (χ4v) is 2.77. The van der Waals surface area contributed by atoms with E-state index in [9.17, 15) is 22.8 Å². The number of quaternary nitrogens is 1. The van der Waals surface area contributed by atoms with E-state index in [1.807, 2.05) is 0 Å².